The SMILES string of the molecule is CC=CN1CCC[C@H](OC(=O)N[C@H](CB(O)O)c2ccc(F)cc2)C1. The molecule has 1 saturated heterocycles. The normalized spacial score (nSPS) is 18.9. The number of carbonyl (C=O) groups excluding carboxylic acids is 1. The standard InChI is InChI=1S/C17H24BFN2O4/c1-2-9-21-10-3-4-15(12-21)25-17(22)20-16(11-18(23)24)13-5-7-14(19)8-6-13/h2,5-9,15-16,23-24H,3-4,10-12H2,1H3,(H,20,22)/t15-,16+/m0/s1. The number of alkyl carbamates (subject to hydrolysis) is 1. The molecule has 25 heavy (non-hydrogen) atoms. The van der Waals surface area contributed by atoms with Crippen LogP contribution in [0.1, 0.15) is 31.4 Å². The van der Waals surface area contributed by atoms with Crippen LogP contribution >= 0.6 is 0 Å². The number of allylic oxidation sites excluding steroid dienone is 1. The number of amides is 1. The second kappa shape index (κ2) is 9.43. The smallest absolute Gasteiger partial charge is 0.444 e. The maximum Gasteiger partial charge on any atom is 0.453 e. The zero-order valence-corrected chi connectivity index (χ0v) is 14.3. The van der Waals surface area contributed by atoms with Crippen molar-refractivity contribution < 1.29 is 24.0 Å². The molecule has 3 N–H and O–H groups in total. The molecule has 8 heteroatoms. The lowest BCUT2D eigenvalue weighted by Gasteiger charge is -2.31. The van der Waals surface area contributed by atoms with Crippen LogP contribution < -0.4 is 5.32 Å². The Bertz CT molecular complexity index is 583. The highest BCUT2D eigenvalue weighted by atomic mass is 19.1. The number of carbonyl (C=O) groups is 1. The molecule has 1 aliphatic rings. The Morgan fingerprint density at radius 1 is 1.48 bits per heavy atom. The minimum Gasteiger partial charge on any atom is -0.444 e. The van der Waals surface area contributed by atoms with Crippen LogP contribution in [0.3, 0.4) is 0 Å². The van der Waals surface area contributed by atoms with Crippen LogP contribution in [-0.4, -0.2) is 47.4 Å². The monoisotopic (exact) mass is 350 g/mol. The summed E-state index contributed by atoms with van der Waals surface area (Å²) < 4.78 is 18.5. The quantitative estimate of drug-likeness (QED) is 0.685. The number of nitrogens with zero attached hydrogens (tertiary/aromatic N) is 1. The van der Waals surface area contributed by atoms with E-state index in [9.17, 15) is 19.2 Å². The molecule has 6 nitrogen and oxygen atoms in total. The molecular formula is C17H24BFN2O4. The Balaban J connectivity index is 1.95. The second-order valence-corrected chi connectivity index (χ2v) is 6.11. The molecule has 1 amide bonds. The van der Waals surface area contributed by atoms with Crippen molar-refractivity contribution in [1.29, 1.82) is 0 Å². The van der Waals surface area contributed by atoms with Crippen molar-refractivity contribution in [2.75, 3.05) is 13.1 Å². The van der Waals surface area contributed by atoms with Gasteiger partial charge in [-0.05, 0) is 43.7 Å². The Hall–Kier alpha value is -2.06. The highest BCUT2D eigenvalue weighted by Gasteiger charge is 2.25. The summed E-state index contributed by atoms with van der Waals surface area (Å²) in [5.41, 5.74) is 0.575. The molecule has 0 aliphatic carbocycles. The molecular weight excluding hydrogens is 326 g/mol. The van der Waals surface area contributed by atoms with Gasteiger partial charge >= 0.3 is 13.2 Å². The van der Waals surface area contributed by atoms with Gasteiger partial charge in [0.2, 0.25) is 0 Å². The van der Waals surface area contributed by atoms with E-state index in [1.165, 1.54) is 24.3 Å². The summed E-state index contributed by atoms with van der Waals surface area (Å²) >= 11 is 0. The van der Waals surface area contributed by atoms with Crippen molar-refractivity contribution in [2.45, 2.75) is 38.2 Å². The van der Waals surface area contributed by atoms with Crippen molar-refractivity contribution in [1.82, 2.24) is 10.2 Å². The van der Waals surface area contributed by atoms with Crippen molar-refractivity contribution in [3.8, 4) is 0 Å². The van der Waals surface area contributed by atoms with Crippen molar-refractivity contribution in [3.05, 3.63) is 47.9 Å². The molecule has 0 aromatic heterocycles. The van der Waals surface area contributed by atoms with E-state index in [1.54, 1.807) is 0 Å². The molecule has 1 aliphatic heterocycles. The number of nitrogens with one attached hydrogen (secondary N) is 1. The van der Waals surface area contributed by atoms with E-state index < -0.39 is 25.1 Å². The average Bonchev–Trinajstić information content (AvgIpc) is 2.55. The van der Waals surface area contributed by atoms with Gasteiger partial charge in [-0.25, -0.2) is 9.18 Å². The first kappa shape index (κ1) is 19.3. The number of benzene rings is 1. The Morgan fingerprint density at radius 2 is 2.20 bits per heavy atom. The molecule has 0 unspecified atom stereocenters. The second-order valence-electron chi connectivity index (χ2n) is 6.11. The fourth-order valence-electron chi connectivity index (χ4n) is 2.92. The third-order valence-electron chi connectivity index (χ3n) is 4.05. The topological polar surface area (TPSA) is 82.0 Å². The number of hydrogen-bond donors (Lipinski definition) is 3. The summed E-state index contributed by atoms with van der Waals surface area (Å²) in [6.07, 6.45) is 4.66. The van der Waals surface area contributed by atoms with Crippen molar-refractivity contribution in [2.24, 2.45) is 0 Å². The molecule has 0 spiro atoms. The minimum absolute atomic E-state index is 0.115. The predicted octanol–water partition coefficient (Wildman–Crippen LogP) is 2.06. The first-order valence-electron chi connectivity index (χ1n) is 8.43. The molecule has 0 radical (unpaired) electrons. The van der Waals surface area contributed by atoms with Gasteiger partial charge in [0.05, 0.1) is 12.6 Å². The van der Waals surface area contributed by atoms with E-state index in [2.05, 4.69) is 10.2 Å². The van der Waals surface area contributed by atoms with Crippen LogP contribution in [0.4, 0.5) is 9.18 Å². The molecule has 2 atom stereocenters. The van der Waals surface area contributed by atoms with Gasteiger partial charge in [-0.15, -0.1) is 0 Å². The lowest BCUT2D eigenvalue weighted by atomic mass is 9.79. The number of halogens is 1. The van der Waals surface area contributed by atoms with Gasteiger partial charge in [-0.3, -0.25) is 0 Å². The van der Waals surface area contributed by atoms with E-state index in [-0.39, 0.29) is 12.4 Å². The molecule has 0 saturated carbocycles. The lowest BCUT2D eigenvalue weighted by Crippen LogP contribution is -2.41. The average molecular weight is 350 g/mol. The first-order chi connectivity index (χ1) is 12.0. The van der Waals surface area contributed by atoms with Crippen LogP contribution in [0.15, 0.2) is 36.5 Å². The number of ether oxygens (including phenoxy) is 1. The molecule has 1 aromatic carbocycles. The van der Waals surface area contributed by atoms with E-state index in [1.807, 2.05) is 19.2 Å². The van der Waals surface area contributed by atoms with Crippen LogP contribution in [0.2, 0.25) is 6.32 Å². The van der Waals surface area contributed by atoms with Crippen LogP contribution in [0, 0.1) is 5.82 Å². The maximum atomic E-state index is 13.1. The highest BCUT2D eigenvalue weighted by Crippen LogP contribution is 2.20. The predicted molar refractivity (Wildman–Crippen MR) is 93.2 cm³/mol. The summed E-state index contributed by atoms with van der Waals surface area (Å²) in [6, 6.07) is 4.83. The zero-order chi connectivity index (χ0) is 18.2. The number of piperidine rings is 1. The number of hydrogen-bond acceptors (Lipinski definition) is 5. The summed E-state index contributed by atoms with van der Waals surface area (Å²) in [7, 11) is -1.60. The fourth-order valence-corrected chi connectivity index (χ4v) is 2.92. The van der Waals surface area contributed by atoms with Gasteiger partial charge in [0.25, 0.3) is 0 Å². The van der Waals surface area contributed by atoms with Gasteiger partial charge in [0, 0.05) is 12.9 Å². The summed E-state index contributed by atoms with van der Waals surface area (Å²) in [6.45, 7) is 3.49. The van der Waals surface area contributed by atoms with Gasteiger partial charge < -0.3 is 25.0 Å². The molecule has 1 aromatic rings. The molecule has 1 fully saturated rings. The molecule has 136 valence electrons. The first-order valence-corrected chi connectivity index (χ1v) is 8.43. The largest absolute Gasteiger partial charge is 0.453 e. The molecule has 0 bridgehead atoms. The molecule has 1 heterocycles. The van der Waals surface area contributed by atoms with E-state index >= 15 is 0 Å². The summed E-state index contributed by atoms with van der Waals surface area (Å²) in [4.78, 5) is 14.3. The Morgan fingerprint density at radius 3 is 2.84 bits per heavy atom. The third kappa shape index (κ3) is 6.40. The van der Waals surface area contributed by atoms with Gasteiger partial charge in [0.15, 0.2) is 0 Å². The van der Waals surface area contributed by atoms with Gasteiger partial charge in [-0.1, -0.05) is 18.2 Å². The van der Waals surface area contributed by atoms with E-state index in [4.69, 9.17) is 4.74 Å². The molecule has 2 rings (SSSR count). The summed E-state index contributed by atoms with van der Waals surface area (Å²) in [5, 5.41) is 21.1. The van der Waals surface area contributed by atoms with Gasteiger partial charge in [0.1, 0.15) is 11.9 Å². The van der Waals surface area contributed by atoms with E-state index in [0.29, 0.717) is 12.1 Å². The fraction of sp³-hybridized carbons (Fsp3) is 0.471. The zero-order valence-electron chi connectivity index (χ0n) is 14.3. The van der Waals surface area contributed by atoms with E-state index in [0.717, 1.165) is 19.4 Å². The summed E-state index contributed by atoms with van der Waals surface area (Å²) in [5.74, 6) is -0.402. The number of likely N-dealkylation sites (tertiary alicyclic amines) is 1. The Labute approximate surface area is 147 Å². The third-order valence-corrected chi connectivity index (χ3v) is 4.05. The highest BCUT2D eigenvalue weighted by molar-refractivity contribution is 6.41. The lowest BCUT2D eigenvalue weighted by molar-refractivity contribution is 0.0548. The van der Waals surface area contributed by atoms with Crippen molar-refractivity contribution in [3.63, 3.8) is 0 Å². The van der Waals surface area contributed by atoms with Crippen LogP contribution in [0.25, 0.3) is 0 Å². The number of rotatable bonds is 6. The van der Waals surface area contributed by atoms with Crippen LogP contribution in [-0.2, 0) is 4.74 Å². The van der Waals surface area contributed by atoms with Gasteiger partial charge in [-0.2, -0.15) is 0 Å². The van der Waals surface area contributed by atoms with Crippen LogP contribution in [0.5, 0.6) is 0 Å². The maximum absolute atomic E-state index is 13.1. The van der Waals surface area contributed by atoms with Crippen molar-refractivity contribution >= 4 is 13.2 Å². The minimum atomic E-state index is -1.60. The Kier molecular flexibility index (Phi) is 7.27.